The average molecular weight is 353 g/mol. The third kappa shape index (κ3) is 5.19. The second kappa shape index (κ2) is 8.27. The van der Waals surface area contributed by atoms with Crippen LogP contribution in [0.3, 0.4) is 0 Å². The zero-order valence-corrected chi connectivity index (χ0v) is 15.5. The Balaban J connectivity index is 3.38. The Morgan fingerprint density at radius 1 is 1.22 bits per heavy atom. The van der Waals surface area contributed by atoms with Gasteiger partial charge in [-0.25, -0.2) is 4.79 Å². The van der Waals surface area contributed by atoms with Crippen LogP contribution in [0.4, 0.5) is 0 Å². The molecule has 0 aliphatic heterocycles. The van der Waals surface area contributed by atoms with Crippen LogP contribution in [0.2, 0.25) is 0 Å². The number of thiocarbonyl (C=S) groups is 1. The molecule has 0 unspecified atom stereocenters. The van der Waals surface area contributed by atoms with Crippen LogP contribution in [-0.4, -0.2) is 25.1 Å². The molecule has 3 nitrogen and oxygen atoms in total. The van der Waals surface area contributed by atoms with Crippen molar-refractivity contribution in [2.24, 2.45) is 5.41 Å². The van der Waals surface area contributed by atoms with Gasteiger partial charge >= 0.3 is 5.97 Å². The van der Waals surface area contributed by atoms with Crippen LogP contribution in [0.25, 0.3) is 11.6 Å². The minimum Gasteiger partial charge on any atom is -0.503 e. The summed E-state index contributed by atoms with van der Waals surface area (Å²) in [5, 5.41) is 0.474. The number of carbonyl (C=O) groups excluding carboxylic acids is 1. The number of benzene rings is 1. The Kier molecular flexibility index (Phi) is 6.98. The molecule has 0 aromatic heterocycles. The molecule has 0 fully saturated rings. The number of halogens is 1. The zero-order chi connectivity index (χ0) is 17.6. The highest BCUT2D eigenvalue weighted by Gasteiger charge is 2.21. The van der Waals surface area contributed by atoms with Gasteiger partial charge in [-0.2, -0.15) is 0 Å². The van der Waals surface area contributed by atoms with Crippen LogP contribution < -0.4 is 0 Å². The lowest BCUT2D eigenvalue weighted by Crippen LogP contribution is -2.18. The van der Waals surface area contributed by atoms with Gasteiger partial charge in [0.05, 0.1) is 25.5 Å². The summed E-state index contributed by atoms with van der Waals surface area (Å²) in [5.41, 5.74) is 1.52. The number of hydrogen-bond donors (Lipinski definition) is 0. The van der Waals surface area contributed by atoms with Crippen molar-refractivity contribution in [3.8, 4) is 0 Å². The number of esters is 1. The topological polar surface area (TPSA) is 35.5 Å². The Labute approximate surface area is 147 Å². The normalized spacial score (nSPS) is 12.8. The molecule has 0 spiro atoms. The number of ether oxygens (including phenoxy) is 2. The summed E-state index contributed by atoms with van der Waals surface area (Å²) in [4.78, 5) is 12.6. The van der Waals surface area contributed by atoms with E-state index in [9.17, 15) is 4.79 Å². The van der Waals surface area contributed by atoms with Crippen LogP contribution in [-0.2, 0) is 14.3 Å². The number of hydrogen-bond acceptors (Lipinski definition) is 4. The van der Waals surface area contributed by atoms with Crippen LogP contribution in [0.5, 0.6) is 0 Å². The Hall–Kier alpha value is -1.65. The molecule has 0 N–H and O–H groups in total. The number of allylic oxidation sites excluding steroid dienone is 1. The van der Waals surface area contributed by atoms with E-state index < -0.39 is 5.97 Å². The predicted molar refractivity (Wildman–Crippen MR) is 99.3 cm³/mol. The summed E-state index contributed by atoms with van der Waals surface area (Å²) in [7, 11) is 2.80. The summed E-state index contributed by atoms with van der Waals surface area (Å²) < 4.78 is 9.82. The van der Waals surface area contributed by atoms with Gasteiger partial charge in [0.15, 0.2) is 0 Å². The highest BCUT2D eigenvalue weighted by Crippen LogP contribution is 2.28. The summed E-state index contributed by atoms with van der Waals surface area (Å²) in [6.07, 6.45) is 3.12. The van der Waals surface area contributed by atoms with Gasteiger partial charge in [-0.3, -0.25) is 0 Å². The fraction of sp³-hybridized carbons (Fsp3) is 0.333. The summed E-state index contributed by atoms with van der Waals surface area (Å²) in [5.74, 6) is -0.484. The van der Waals surface area contributed by atoms with E-state index in [1.807, 2.05) is 39.0 Å². The molecule has 0 bridgehead atoms. The van der Waals surface area contributed by atoms with Gasteiger partial charge in [0.25, 0.3) is 0 Å². The lowest BCUT2D eigenvalue weighted by molar-refractivity contribution is -0.133. The molecule has 0 saturated heterocycles. The van der Waals surface area contributed by atoms with E-state index in [4.69, 9.17) is 33.3 Å². The molecule has 23 heavy (non-hydrogen) atoms. The number of carbonyl (C=O) groups is 1. The molecule has 124 valence electrons. The minimum absolute atomic E-state index is 0.217. The van der Waals surface area contributed by atoms with E-state index in [1.165, 1.54) is 20.5 Å². The Morgan fingerprint density at radius 3 is 2.35 bits per heavy atom. The van der Waals surface area contributed by atoms with Gasteiger partial charge in [0.1, 0.15) is 5.57 Å². The molecular weight excluding hydrogens is 332 g/mol. The smallest absolute Gasteiger partial charge is 0.341 e. The summed E-state index contributed by atoms with van der Waals surface area (Å²) >= 11 is 11.8. The van der Waals surface area contributed by atoms with Gasteiger partial charge in [-0.15, -0.1) is 0 Å². The van der Waals surface area contributed by atoms with Crippen LogP contribution >= 0.6 is 23.8 Å². The van der Waals surface area contributed by atoms with Crippen molar-refractivity contribution >= 4 is 46.3 Å². The Bertz CT molecular complexity index is 654. The van der Waals surface area contributed by atoms with Gasteiger partial charge in [0.2, 0.25) is 0 Å². The van der Waals surface area contributed by atoms with E-state index in [-0.39, 0.29) is 5.41 Å². The fourth-order valence-corrected chi connectivity index (χ4v) is 2.34. The average Bonchev–Trinajstić information content (AvgIpc) is 2.51. The van der Waals surface area contributed by atoms with Crippen molar-refractivity contribution in [3.63, 3.8) is 0 Å². The van der Waals surface area contributed by atoms with E-state index in [1.54, 1.807) is 12.1 Å². The van der Waals surface area contributed by atoms with Crippen LogP contribution in [0, 0.1) is 5.41 Å². The van der Waals surface area contributed by atoms with Gasteiger partial charge in [0, 0.05) is 4.86 Å². The zero-order valence-electron chi connectivity index (χ0n) is 14.0. The van der Waals surface area contributed by atoms with Crippen molar-refractivity contribution < 1.29 is 14.3 Å². The molecular formula is C18H21ClO3S. The van der Waals surface area contributed by atoms with Gasteiger partial charge in [-0.05, 0) is 22.6 Å². The fourth-order valence-electron chi connectivity index (χ4n) is 1.88. The van der Waals surface area contributed by atoms with Crippen molar-refractivity contribution in [1.29, 1.82) is 0 Å². The molecule has 5 heteroatoms. The largest absolute Gasteiger partial charge is 0.503 e. The van der Waals surface area contributed by atoms with Crippen LogP contribution in [0.1, 0.15) is 31.9 Å². The molecule has 1 rings (SSSR count). The maximum atomic E-state index is 12.0. The highest BCUT2D eigenvalue weighted by atomic mass is 35.5. The molecule has 0 aliphatic carbocycles. The van der Waals surface area contributed by atoms with E-state index in [0.717, 1.165) is 5.56 Å². The van der Waals surface area contributed by atoms with Crippen molar-refractivity contribution in [2.45, 2.75) is 20.8 Å². The third-order valence-electron chi connectivity index (χ3n) is 3.07. The highest BCUT2D eigenvalue weighted by molar-refractivity contribution is 7.81. The number of methoxy groups -OCH3 is 2. The van der Waals surface area contributed by atoms with E-state index in [2.05, 4.69) is 0 Å². The lowest BCUT2D eigenvalue weighted by atomic mass is 9.90. The van der Waals surface area contributed by atoms with Gasteiger partial charge < -0.3 is 9.47 Å². The van der Waals surface area contributed by atoms with Crippen molar-refractivity contribution in [1.82, 2.24) is 0 Å². The molecule has 0 saturated carbocycles. The van der Waals surface area contributed by atoms with Crippen LogP contribution in [0.15, 0.2) is 35.6 Å². The first-order valence-corrected chi connectivity index (χ1v) is 7.83. The molecule has 0 atom stereocenters. The van der Waals surface area contributed by atoms with Crippen molar-refractivity contribution in [2.75, 3.05) is 14.2 Å². The first-order chi connectivity index (χ1) is 10.7. The molecule has 0 amide bonds. The Morgan fingerprint density at radius 2 is 1.83 bits per heavy atom. The lowest BCUT2D eigenvalue weighted by Gasteiger charge is -2.19. The number of rotatable bonds is 5. The summed E-state index contributed by atoms with van der Waals surface area (Å²) in [6.45, 7) is 6.01. The quantitative estimate of drug-likeness (QED) is 0.328. The molecule has 0 aliphatic rings. The molecule has 1 aromatic carbocycles. The maximum absolute atomic E-state index is 12.0. The van der Waals surface area contributed by atoms with E-state index >= 15 is 0 Å². The predicted octanol–water partition coefficient (Wildman–Crippen LogP) is 4.84. The SMILES string of the molecule is COC=C(C(=O)OC)c1ccccc1C=C(Cl)C(=S)C(C)(C)C. The standard InChI is InChI=1S/C18H21ClO3S/c1-18(2,3)16(23)15(19)10-12-8-6-7-9-13(12)14(11-21-4)17(20)22-5/h6-11H,1-5H3. The maximum Gasteiger partial charge on any atom is 0.341 e. The van der Waals surface area contributed by atoms with Crippen molar-refractivity contribution in [3.05, 3.63) is 46.7 Å². The third-order valence-corrected chi connectivity index (χ3v) is 4.31. The molecule has 0 radical (unpaired) electrons. The molecule has 1 aromatic rings. The summed E-state index contributed by atoms with van der Waals surface area (Å²) in [6, 6.07) is 7.35. The minimum atomic E-state index is -0.484. The first kappa shape index (κ1) is 19.4. The van der Waals surface area contributed by atoms with Gasteiger partial charge in [-0.1, -0.05) is 68.9 Å². The molecule has 0 heterocycles. The monoisotopic (exact) mass is 352 g/mol. The van der Waals surface area contributed by atoms with E-state index in [0.29, 0.717) is 21.0 Å². The first-order valence-electron chi connectivity index (χ1n) is 7.05. The second-order valence-corrected chi connectivity index (χ2v) is 6.73. The second-order valence-electron chi connectivity index (χ2n) is 5.92.